The van der Waals surface area contributed by atoms with Gasteiger partial charge in [-0.15, -0.1) is 0 Å². The molecule has 0 fully saturated rings. The lowest BCUT2D eigenvalue weighted by molar-refractivity contribution is -0.118. The van der Waals surface area contributed by atoms with Crippen LogP contribution in [0.5, 0.6) is 11.5 Å². The number of hydrogen-bond acceptors (Lipinski definition) is 4. The van der Waals surface area contributed by atoms with Crippen LogP contribution in [0.25, 0.3) is 0 Å². The summed E-state index contributed by atoms with van der Waals surface area (Å²) in [5.41, 5.74) is 3.37. The van der Waals surface area contributed by atoms with E-state index in [0.717, 1.165) is 12.1 Å². The first-order chi connectivity index (χ1) is 14.6. The number of hydrogen-bond donors (Lipinski definition) is 1. The predicted molar refractivity (Wildman–Crippen MR) is 115 cm³/mol. The van der Waals surface area contributed by atoms with E-state index in [1.165, 1.54) is 5.56 Å². The second kappa shape index (κ2) is 8.69. The molecule has 0 bridgehead atoms. The van der Waals surface area contributed by atoms with Gasteiger partial charge in [-0.3, -0.25) is 9.59 Å². The Bertz CT molecular complexity index is 1060. The number of ether oxygens (including phenoxy) is 2. The topological polar surface area (TPSA) is 67.9 Å². The summed E-state index contributed by atoms with van der Waals surface area (Å²) < 4.78 is 10.7. The average molecular weight is 402 g/mol. The first-order valence-electron chi connectivity index (χ1n) is 9.70. The third kappa shape index (κ3) is 4.27. The van der Waals surface area contributed by atoms with Gasteiger partial charge in [0.25, 0.3) is 11.8 Å². The van der Waals surface area contributed by atoms with E-state index in [1.54, 1.807) is 60.5 Å². The van der Waals surface area contributed by atoms with Crippen molar-refractivity contribution in [2.75, 3.05) is 30.5 Å². The van der Waals surface area contributed by atoms with Gasteiger partial charge in [0.2, 0.25) is 0 Å². The fraction of sp³-hybridized carbons (Fsp3) is 0.167. The van der Waals surface area contributed by atoms with Crippen LogP contribution in [0, 0.1) is 0 Å². The molecule has 30 heavy (non-hydrogen) atoms. The molecule has 0 atom stereocenters. The molecule has 0 aliphatic carbocycles. The summed E-state index contributed by atoms with van der Waals surface area (Å²) in [6, 6.07) is 21.9. The minimum absolute atomic E-state index is 0.0396. The summed E-state index contributed by atoms with van der Waals surface area (Å²) in [7, 11) is 1.57. The Balaban J connectivity index is 1.34. The fourth-order valence-electron chi connectivity index (χ4n) is 3.45. The first-order valence-corrected chi connectivity index (χ1v) is 9.70. The fourth-order valence-corrected chi connectivity index (χ4v) is 3.45. The Morgan fingerprint density at radius 3 is 2.57 bits per heavy atom. The number of carbonyl (C=O) groups is 2. The zero-order chi connectivity index (χ0) is 20.9. The van der Waals surface area contributed by atoms with E-state index in [-0.39, 0.29) is 18.4 Å². The van der Waals surface area contributed by atoms with Crippen molar-refractivity contribution in [2.45, 2.75) is 6.42 Å². The predicted octanol–water partition coefficient (Wildman–Crippen LogP) is 3.92. The number of benzene rings is 3. The minimum Gasteiger partial charge on any atom is -0.497 e. The molecule has 0 unspecified atom stereocenters. The SMILES string of the molecule is COc1cccc(NC(=O)COc2ccc(C(=O)N3CCc4ccccc43)cc2)c1. The zero-order valence-corrected chi connectivity index (χ0v) is 16.6. The summed E-state index contributed by atoms with van der Waals surface area (Å²) >= 11 is 0. The van der Waals surface area contributed by atoms with Crippen LogP contribution < -0.4 is 19.7 Å². The Hall–Kier alpha value is -3.80. The summed E-state index contributed by atoms with van der Waals surface area (Å²) in [5, 5.41) is 2.76. The quantitative estimate of drug-likeness (QED) is 0.679. The largest absolute Gasteiger partial charge is 0.497 e. The monoisotopic (exact) mass is 402 g/mol. The van der Waals surface area contributed by atoms with E-state index in [4.69, 9.17) is 9.47 Å². The summed E-state index contributed by atoms with van der Waals surface area (Å²) in [6.07, 6.45) is 0.867. The van der Waals surface area contributed by atoms with E-state index in [9.17, 15) is 9.59 Å². The molecule has 0 saturated carbocycles. The van der Waals surface area contributed by atoms with Crippen LogP contribution in [0.4, 0.5) is 11.4 Å². The van der Waals surface area contributed by atoms with Crippen LogP contribution in [0.2, 0.25) is 0 Å². The van der Waals surface area contributed by atoms with Crippen molar-refractivity contribution in [3.05, 3.63) is 83.9 Å². The Morgan fingerprint density at radius 2 is 1.77 bits per heavy atom. The van der Waals surface area contributed by atoms with E-state index >= 15 is 0 Å². The average Bonchev–Trinajstić information content (AvgIpc) is 3.22. The van der Waals surface area contributed by atoms with Gasteiger partial charge in [-0.2, -0.15) is 0 Å². The van der Waals surface area contributed by atoms with Gasteiger partial charge in [0.15, 0.2) is 6.61 Å². The molecule has 1 heterocycles. The molecule has 3 aromatic carbocycles. The molecule has 152 valence electrons. The van der Waals surface area contributed by atoms with E-state index < -0.39 is 0 Å². The van der Waals surface area contributed by atoms with Gasteiger partial charge in [-0.1, -0.05) is 24.3 Å². The molecule has 0 spiro atoms. The van der Waals surface area contributed by atoms with Gasteiger partial charge in [0, 0.05) is 29.5 Å². The number of para-hydroxylation sites is 1. The van der Waals surface area contributed by atoms with Crippen molar-refractivity contribution in [1.82, 2.24) is 0 Å². The minimum atomic E-state index is -0.280. The van der Waals surface area contributed by atoms with Gasteiger partial charge < -0.3 is 19.7 Å². The number of nitrogens with zero attached hydrogens (tertiary/aromatic N) is 1. The molecule has 4 rings (SSSR count). The molecule has 0 saturated heterocycles. The molecule has 6 nitrogen and oxygen atoms in total. The maximum Gasteiger partial charge on any atom is 0.262 e. The van der Waals surface area contributed by atoms with Crippen molar-refractivity contribution in [2.24, 2.45) is 0 Å². The number of amides is 2. The van der Waals surface area contributed by atoms with Gasteiger partial charge in [-0.25, -0.2) is 0 Å². The molecular weight excluding hydrogens is 380 g/mol. The third-order valence-electron chi connectivity index (χ3n) is 4.96. The van der Waals surface area contributed by atoms with Gasteiger partial charge in [0.05, 0.1) is 7.11 Å². The molecule has 0 aromatic heterocycles. The van der Waals surface area contributed by atoms with Gasteiger partial charge >= 0.3 is 0 Å². The second-order valence-corrected chi connectivity index (χ2v) is 6.93. The van der Waals surface area contributed by atoms with Gasteiger partial charge in [-0.05, 0) is 54.4 Å². The Kier molecular flexibility index (Phi) is 5.66. The number of carbonyl (C=O) groups excluding carboxylic acids is 2. The maximum absolute atomic E-state index is 12.9. The van der Waals surface area contributed by atoms with Crippen LogP contribution >= 0.6 is 0 Å². The highest BCUT2D eigenvalue weighted by atomic mass is 16.5. The highest BCUT2D eigenvalue weighted by Crippen LogP contribution is 2.29. The summed E-state index contributed by atoms with van der Waals surface area (Å²) in [6.45, 7) is 0.547. The molecule has 0 radical (unpaired) electrons. The normalized spacial score (nSPS) is 12.2. The van der Waals surface area contributed by atoms with Crippen molar-refractivity contribution in [3.8, 4) is 11.5 Å². The molecule has 6 heteroatoms. The maximum atomic E-state index is 12.9. The van der Waals surface area contributed by atoms with Crippen molar-refractivity contribution in [1.29, 1.82) is 0 Å². The van der Waals surface area contributed by atoms with Crippen LogP contribution in [-0.2, 0) is 11.2 Å². The number of anilines is 2. The molecule has 1 aliphatic rings. The summed E-state index contributed by atoms with van der Waals surface area (Å²) in [5.74, 6) is 0.864. The van der Waals surface area contributed by atoms with E-state index in [0.29, 0.717) is 29.3 Å². The third-order valence-corrected chi connectivity index (χ3v) is 4.96. The van der Waals surface area contributed by atoms with E-state index in [2.05, 4.69) is 11.4 Å². The lowest BCUT2D eigenvalue weighted by atomic mass is 10.1. The standard InChI is InChI=1S/C24H22N2O4/c1-29-21-7-4-6-19(15-21)25-23(27)16-30-20-11-9-18(10-12-20)24(28)26-14-13-17-5-2-3-8-22(17)26/h2-12,15H,13-14,16H2,1H3,(H,25,27). The summed E-state index contributed by atoms with van der Waals surface area (Å²) in [4.78, 5) is 26.8. The number of fused-ring (bicyclic) bond motifs is 1. The van der Waals surface area contributed by atoms with Crippen molar-refractivity contribution >= 4 is 23.2 Å². The molecular formula is C24H22N2O4. The highest BCUT2D eigenvalue weighted by Gasteiger charge is 2.25. The van der Waals surface area contributed by atoms with Gasteiger partial charge in [0.1, 0.15) is 11.5 Å². The zero-order valence-electron chi connectivity index (χ0n) is 16.6. The van der Waals surface area contributed by atoms with Crippen molar-refractivity contribution < 1.29 is 19.1 Å². The lowest BCUT2D eigenvalue weighted by Gasteiger charge is -2.17. The second-order valence-electron chi connectivity index (χ2n) is 6.93. The molecule has 2 amide bonds. The Labute approximate surface area is 175 Å². The molecule has 3 aromatic rings. The molecule has 1 aliphatic heterocycles. The van der Waals surface area contributed by atoms with Crippen LogP contribution in [0.3, 0.4) is 0 Å². The Morgan fingerprint density at radius 1 is 0.967 bits per heavy atom. The number of methoxy groups -OCH3 is 1. The first kappa shape index (κ1) is 19.5. The molecule has 1 N–H and O–H groups in total. The van der Waals surface area contributed by atoms with Crippen LogP contribution in [0.1, 0.15) is 15.9 Å². The van der Waals surface area contributed by atoms with Crippen molar-refractivity contribution in [3.63, 3.8) is 0 Å². The number of nitrogens with one attached hydrogen (secondary N) is 1. The van der Waals surface area contributed by atoms with E-state index in [1.807, 2.05) is 18.2 Å². The van der Waals surface area contributed by atoms with Crippen LogP contribution in [0.15, 0.2) is 72.8 Å². The lowest BCUT2D eigenvalue weighted by Crippen LogP contribution is -2.28. The number of rotatable bonds is 6. The van der Waals surface area contributed by atoms with Crippen LogP contribution in [-0.4, -0.2) is 32.1 Å². The highest BCUT2D eigenvalue weighted by molar-refractivity contribution is 6.07. The smallest absolute Gasteiger partial charge is 0.262 e.